The molecule has 1 fully saturated rings. The monoisotopic (exact) mass is 397 g/mol. The zero-order valence-corrected chi connectivity index (χ0v) is 17.4. The molecule has 0 radical (unpaired) electrons. The van der Waals surface area contributed by atoms with E-state index >= 15 is 0 Å². The van der Waals surface area contributed by atoms with Gasteiger partial charge in [-0.1, -0.05) is 37.3 Å². The highest BCUT2D eigenvalue weighted by Crippen LogP contribution is 2.28. The van der Waals surface area contributed by atoms with E-state index in [-0.39, 0.29) is 25.0 Å². The standard InChI is InChI=1S/C23H31N3O3/c1-3-13-25(23(28)18-29-17-19-8-5-4-6-9-19)16-22(27)26(20-11-12-20)15-21-10-7-14-24(21)2/h4-10,14,20H,3,11-13,15-18H2,1-2H3. The molecule has 1 saturated carbocycles. The molecule has 0 N–H and O–H groups in total. The summed E-state index contributed by atoms with van der Waals surface area (Å²) in [6, 6.07) is 14.1. The van der Waals surface area contributed by atoms with E-state index in [1.54, 1.807) is 4.90 Å². The van der Waals surface area contributed by atoms with Gasteiger partial charge in [-0.2, -0.15) is 0 Å². The minimum atomic E-state index is -0.134. The molecule has 0 saturated heterocycles. The van der Waals surface area contributed by atoms with Crippen LogP contribution in [0.25, 0.3) is 0 Å². The first-order valence-electron chi connectivity index (χ1n) is 10.4. The van der Waals surface area contributed by atoms with Gasteiger partial charge in [0.25, 0.3) is 0 Å². The smallest absolute Gasteiger partial charge is 0.249 e. The lowest BCUT2D eigenvalue weighted by atomic mass is 10.2. The zero-order valence-electron chi connectivity index (χ0n) is 17.4. The second-order valence-electron chi connectivity index (χ2n) is 7.66. The molecule has 1 aromatic carbocycles. The summed E-state index contributed by atoms with van der Waals surface area (Å²) in [7, 11) is 1.99. The van der Waals surface area contributed by atoms with Crippen molar-refractivity contribution < 1.29 is 14.3 Å². The molecular weight excluding hydrogens is 366 g/mol. The van der Waals surface area contributed by atoms with Crippen LogP contribution in [0.4, 0.5) is 0 Å². The van der Waals surface area contributed by atoms with E-state index in [1.807, 2.05) is 72.1 Å². The van der Waals surface area contributed by atoms with E-state index in [1.165, 1.54) is 0 Å². The third-order valence-corrected chi connectivity index (χ3v) is 5.20. The molecule has 0 atom stereocenters. The normalized spacial score (nSPS) is 13.3. The highest BCUT2D eigenvalue weighted by molar-refractivity contribution is 5.85. The van der Waals surface area contributed by atoms with E-state index in [0.29, 0.717) is 25.7 Å². The Hall–Kier alpha value is -2.60. The Kier molecular flexibility index (Phi) is 7.47. The van der Waals surface area contributed by atoms with Gasteiger partial charge in [0.1, 0.15) is 6.61 Å². The molecule has 156 valence electrons. The predicted octanol–water partition coefficient (Wildman–Crippen LogP) is 2.97. The molecule has 1 aliphatic rings. The van der Waals surface area contributed by atoms with Gasteiger partial charge in [-0.25, -0.2) is 0 Å². The first-order chi connectivity index (χ1) is 14.1. The number of aryl methyl sites for hydroxylation is 1. The third kappa shape index (κ3) is 6.19. The number of amides is 2. The predicted molar refractivity (Wildman–Crippen MR) is 112 cm³/mol. The van der Waals surface area contributed by atoms with Crippen LogP contribution in [0, 0.1) is 0 Å². The van der Waals surface area contributed by atoms with Crippen molar-refractivity contribution in [2.45, 2.75) is 45.4 Å². The summed E-state index contributed by atoms with van der Waals surface area (Å²) < 4.78 is 7.63. The van der Waals surface area contributed by atoms with E-state index in [9.17, 15) is 9.59 Å². The summed E-state index contributed by atoms with van der Waals surface area (Å²) in [5, 5.41) is 0. The fourth-order valence-electron chi connectivity index (χ4n) is 3.38. The summed E-state index contributed by atoms with van der Waals surface area (Å²) in [4.78, 5) is 29.3. The zero-order chi connectivity index (χ0) is 20.6. The van der Waals surface area contributed by atoms with Crippen molar-refractivity contribution >= 4 is 11.8 Å². The van der Waals surface area contributed by atoms with Gasteiger partial charge < -0.3 is 19.1 Å². The molecule has 2 amide bonds. The largest absolute Gasteiger partial charge is 0.367 e. The maximum absolute atomic E-state index is 13.0. The molecule has 0 spiro atoms. The van der Waals surface area contributed by atoms with Crippen LogP contribution in [0.1, 0.15) is 37.4 Å². The summed E-state index contributed by atoms with van der Waals surface area (Å²) >= 11 is 0. The molecule has 1 heterocycles. The fourth-order valence-corrected chi connectivity index (χ4v) is 3.38. The van der Waals surface area contributed by atoms with Crippen molar-refractivity contribution in [3.8, 4) is 0 Å². The number of rotatable bonds is 11. The molecule has 0 bridgehead atoms. The second-order valence-corrected chi connectivity index (χ2v) is 7.66. The topological polar surface area (TPSA) is 54.8 Å². The van der Waals surface area contributed by atoms with Gasteiger partial charge in [0.15, 0.2) is 0 Å². The molecule has 29 heavy (non-hydrogen) atoms. The number of carbonyl (C=O) groups is 2. The van der Waals surface area contributed by atoms with E-state index in [0.717, 1.165) is 30.5 Å². The van der Waals surface area contributed by atoms with E-state index in [4.69, 9.17) is 4.74 Å². The van der Waals surface area contributed by atoms with Crippen LogP contribution in [0.15, 0.2) is 48.7 Å². The number of hydrogen-bond donors (Lipinski definition) is 0. The van der Waals surface area contributed by atoms with Crippen LogP contribution in [-0.4, -0.2) is 51.9 Å². The van der Waals surface area contributed by atoms with Crippen LogP contribution in [0.2, 0.25) is 0 Å². The first-order valence-corrected chi connectivity index (χ1v) is 10.4. The summed E-state index contributed by atoms with van der Waals surface area (Å²) in [6.45, 7) is 3.65. The molecule has 3 rings (SSSR count). The van der Waals surface area contributed by atoms with Crippen LogP contribution >= 0.6 is 0 Å². The Morgan fingerprint density at radius 3 is 2.48 bits per heavy atom. The fraction of sp³-hybridized carbons (Fsp3) is 0.478. The molecule has 2 aromatic rings. The van der Waals surface area contributed by atoms with Gasteiger partial charge in [-0.05, 0) is 37.0 Å². The van der Waals surface area contributed by atoms with Crippen LogP contribution in [-0.2, 0) is 34.5 Å². The number of hydrogen-bond acceptors (Lipinski definition) is 3. The minimum absolute atomic E-state index is 0.0105. The van der Waals surface area contributed by atoms with Crippen molar-refractivity contribution in [3.05, 3.63) is 59.9 Å². The molecular formula is C23H31N3O3. The molecule has 6 nitrogen and oxygen atoms in total. The van der Waals surface area contributed by atoms with Crippen LogP contribution < -0.4 is 0 Å². The van der Waals surface area contributed by atoms with Crippen LogP contribution in [0.3, 0.4) is 0 Å². The van der Waals surface area contributed by atoms with Crippen molar-refractivity contribution in [3.63, 3.8) is 0 Å². The Morgan fingerprint density at radius 2 is 1.86 bits per heavy atom. The number of ether oxygens (including phenoxy) is 1. The number of benzene rings is 1. The Bertz CT molecular complexity index is 799. The Morgan fingerprint density at radius 1 is 1.10 bits per heavy atom. The quantitative estimate of drug-likeness (QED) is 0.586. The summed E-state index contributed by atoms with van der Waals surface area (Å²) in [5.74, 6) is -0.121. The van der Waals surface area contributed by atoms with Gasteiger partial charge >= 0.3 is 0 Å². The van der Waals surface area contributed by atoms with Crippen molar-refractivity contribution in [2.24, 2.45) is 7.05 Å². The minimum Gasteiger partial charge on any atom is -0.367 e. The van der Waals surface area contributed by atoms with Gasteiger partial charge in [0, 0.05) is 31.5 Å². The highest BCUT2D eigenvalue weighted by Gasteiger charge is 2.34. The SMILES string of the molecule is CCCN(CC(=O)N(Cc1cccn1C)C1CC1)C(=O)COCc1ccccc1. The lowest BCUT2D eigenvalue weighted by molar-refractivity contribution is -0.144. The maximum Gasteiger partial charge on any atom is 0.249 e. The Balaban J connectivity index is 1.55. The molecule has 0 aliphatic heterocycles. The van der Waals surface area contributed by atoms with E-state index in [2.05, 4.69) is 0 Å². The average Bonchev–Trinajstić information content (AvgIpc) is 3.48. The molecule has 1 aromatic heterocycles. The van der Waals surface area contributed by atoms with Crippen molar-refractivity contribution in [2.75, 3.05) is 19.7 Å². The first kappa shape index (κ1) is 21.1. The number of nitrogens with zero attached hydrogens (tertiary/aromatic N) is 3. The van der Waals surface area contributed by atoms with Gasteiger partial charge in [0.2, 0.25) is 11.8 Å². The van der Waals surface area contributed by atoms with Gasteiger partial charge in [-0.3, -0.25) is 9.59 Å². The second kappa shape index (κ2) is 10.3. The Labute approximate surface area is 173 Å². The molecule has 1 aliphatic carbocycles. The van der Waals surface area contributed by atoms with Gasteiger partial charge in [0.05, 0.1) is 19.7 Å². The lowest BCUT2D eigenvalue weighted by Crippen LogP contribution is -2.45. The lowest BCUT2D eigenvalue weighted by Gasteiger charge is -2.28. The summed E-state index contributed by atoms with van der Waals surface area (Å²) in [6.07, 6.45) is 4.87. The maximum atomic E-state index is 13.0. The molecule has 6 heteroatoms. The van der Waals surface area contributed by atoms with Crippen molar-refractivity contribution in [1.82, 2.24) is 14.4 Å². The number of aromatic nitrogens is 1. The average molecular weight is 398 g/mol. The highest BCUT2D eigenvalue weighted by atomic mass is 16.5. The van der Waals surface area contributed by atoms with Crippen LogP contribution in [0.5, 0.6) is 0 Å². The van der Waals surface area contributed by atoms with Crippen molar-refractivity contribution in [1.29, 1.82) is 0 Å². The van der Waals surface area contributed by atoms with E-state index < -0.39 is 0 Å². The summed E-state index contributed by atoms with van der Waals surface area (Å²) in [5.41, 5.74) is 2.13. The third-order valence-electron chi connectivity index (χ3n) is 5.20. The number of carbonyl (C=O) groups excluding carboxylic acids is 2. The molecule has 0 unspecified atom stereocenters. The van der Waals surface area contributed by atoms with Gasteiger partial charge in [-0.15, -0.1) is 0 Å².